The molecule has 0 radical (unpaired) electrons. The lowest BCUT2D eigenvalue weighted by molar-refractivity contribution is 0.102. The van der Waals surface area contributed by atoms with E-state index in [0.717, 1.165) is 5.56 Å². The average Bonchev–Trinajstić information content (AvgIpc) is 3.34. The van der Waals surface area contributed by atoms with Crippen LogP contribution in [0.1, 0.15) is 16.2 Å². The smallest absolute Gasteiger partial charge is 0.257 e. The molecule has 134 valence electrons. The highest BCUT2D eigenvalue weighted by Crippen LogP contribution is 2.25. The van der Waals surface area contributed by atoms with Crippen LogP contribution >= 0.6 is 11.6 Å². The minimum atomic E-state index is -0.285. The van der Waals surface area contributed by atoms with Crippen LogP contribution in [0, 0.1) is 6.92 Å². The quantitative estimate of drug-likeness (QED) is 0.581. The van der Waals surface area contributed by atoms with E-state index in [1.54, 1.807) is 60.4 Å². The molecule has 0 atom stereocenters. The number of benzene rings is 2. The van der Waals surface area contributed by atoms with Crippen molar-refractivity contribution in [3.05, 3.63) is 71.5 Å². The van der Waals surface area contributed by atoms with Gasteiger partial charge in [0.25, 0.3) is 11.8 Å². The molecule has 0 spiro atoms. The Kier molecular flexibility index (Phi) is 4.39. The number of halogens is 1. The molecule has 0 unspecified atom stereocenters. The summed E-state index contributed by atoms with van der Waals surface area (Å²) in [6.45, 7) is 1.74. The molecule has 8 nitrogen and oxygen atoms in total. The molecular weight excluding hydrogens is 368 g/mol. The minimum Gasteiger partial charge on any atom is -0.334 e. The maximum atomic E-state index is 12.6. The van der Waals surface area contributed by atoms with Gasteiger partial charge in [-0.25, -0.2) is 9.67 Å². The van der Waals surface area contributed by atoms with Crippen LogP contribution in [0.4, 0.5) is 5.69 Å². The molecule has 2 aromatic carbocycles. The van der Waals surface area contributed by atoms with Gasteiger partial charge in [-0.3, -0.25) is 4.79 Å². The average molecular weight is 381 g/mol. The first-order valence-electron chi connectivity index (χ1n) is 7.97. The van der Waals surface area contributed by atoms with Crippen molar-refractivity contribution in [2.75, 3.05) is 5.32 Å². The number of nitrogens with one attached hydrogen (secondary N) is 1. The van der Waals surface area contributed by atoms with Gasteiger partial charge in [-0.2, -0.15) is 10.1 Å². The summed E-state index contributed by atoms with van der Waals surface area (Å²) in [5.74, 6) is 0.670. The highest BCUT2D eigenvalue weighted by Gasteiger charge is 2.13. The van der Waals surface area contributed by atoms with Crippen LogP contribution in [0.5, 0.6) is 0 Å². The number of carbonyl (C=O) groups is 1. The van der Waals surface area contributed by atoms with Gasteiger partial charge in [0.15, 0.2) is 5.82 Å². The Morgan fingerprint density at radius 1 is 1.19 bits per heavy atom. The largest absolute Gasteiger partial charge is 0.334 e. The van der Waals surface area contributed by atoms with Gasteiger partial charge in [0.1, 0.15) is 12.7 Å². The van der Waals surface area contributed by atoms with Crippen LogP contribution < -0.4 is 5.32 Å². The van der Waals surface area contributed by atoms with Crippen LogP contribution in [0.15, 0.2) is 59.6 Å². The number of aryl methyl sites for hydroxylation is 1. The fraction of sp³-hybridized carbons (Fsp3) is 0.0556. The molecule has 0 bridgehead atoms. The second kappa shape index (κ2) is 7.00. The Morgan fingerprint density at radius 3 is 2.67 bits per heavy atom. The van der Waals surface area contributed by atoms with Gasteiger partial charge in [0.05, 0.1) is 11.4 Å². The number of amides is 1. The van der Waals surface area contributed by atoms with Crippen molar-refractivity contribution in [1.82, 2.24) is 24.9 Å². The van der Waals surface area contributed by atoms with E-state index in [0.29, 0.717) is 33.7 Å². The second-order valence-corrected chi connectivity index (χ2v) is 6.12. The monoisotopic (exact) mass is 380 g/mol. The molecule has 9 heteroatoms. The van der Waals surface area contributed by atoms with Crippen LogP contribution in [0.2, 0.25) is 5.02 Å². The van der Waals surface area contributed by atoms with Crippen molar-refractivity contribution in [1.29, 1.82) is 0 Å². The molecule has 2 heterocycles. The molecule has 0 aliphatic rings. The third kappa shape index (κ3) is 3.56. The van der Waals surface area contributed by atoms with Gasteiger partial charge in [-0.15, -0.1) is 0 Å². The molecule has 4 aromatic rings. The number of hydrogen-bond donors (Lipinski definition) is 1. The summed E-state index contributed by atoms with van der Waals surface area (Å²) in [6.07, 6.45) is 2.96. The predicted octanol–water partition coefficient (Wildman–Crippen LogP) is 3.53. The Hall–Kier alpha value is -3.52. The number of anilines is 1. The summed E-state index contributed by atoms with van der Waals surface area (Å²) in [7, 11) is 0. The third-order valence-corrected chi connectivity index (χ3v) is 4.03. The third-order valence-electron chi connectivity index (χ3n) is 3.79. The van der Waals surface area contributed by atoms with Crippen LogP contribution in [0.25, 0.3) is 17.1 Å². The molecule has 0 aliphatic carbocycles. The van der Waals surface area contributed by atoms with E-state index in [9.17, 15) is 4.79 Å². The summed E-state index contributed by atoms with van der Waals surface area (Å²) in [5.41, 5.74) is 2.38. The summed E-state index contributed by atoms with van der Waals surface area (Å²) in [6, 6.07) is 12.0. The van der Waals surface area contributed by atoms with Crippen molar-refractivity contribution in [3.8, 4) is 17.1 Å². The first-order chi connectivity index (χ1) is 13.1. The second-order valence-electron chi connectivity index (χ2n) is 5.68. The molecule has 0 saturated heterocycles. The maximum absolute atomic E-state index is 12.6. The van der Waals surface area contributed by atoms with Crippen LogP contribution in [0.3, 0.4) is 0 Å². The van der Waals surface area contributed by atoms with E-state index in [1.165, 1.54) is 6.33 Å². The summed E-state index contributed by atoms with van der Waals surface area (Å²) in [5, 5.41) is 11.2. The molecule has 0 fully saturated rings. The van der Waals surface area contributed by atoms with Crippen molar-refractivity contribution in [2.45, 2.75) is 6.92 Å². The maximum Gasteiger partial charge on any atom is 0.257 e. The van der Waals surface area contributed by atoms with E-state index >= 15 is 0 Å². The molecule has 27 heavy (non-hydrogen) atoms. The number of rotatable bonds is 4. The molecule has 4 rings (SSSR count). The SMILES string of the molecule is Cc1noc(-c2ccc(C(=O)Nc3cc(Cl)ccc3-n3cncn3)cc2)n1. The van der Waals surface area contributed by atoms with Crippen molar-refractivity contribution in [3.63, 3.8) is 0 Å². The Bertz CT molecular complexity index is 1090. The molecule has 0 saturated carbocycles. The van der Waals surface area contributed by atoms with E-state index in [-0.39, 0.29) is 5.91 Å². The normalized spacial score (nSPS) is 10.7. The van der Waals surface area contributed by atoms with Gasteiger partial charge in [-0.1, -0.05) is 16.8 Å². The predicted molar refractivity (Wildman–Crippen MR) is 98.8 cm³/mol. The molecule has 1 N–H and O–H groups in total. The summed E-state index contributed by atoms with van der Waals surface area (Å²) >= 11 is 6.08. The zero-order chi connectivity index (χ0) is 18.8. The highest BCUT2D eigenvalue weighted by molar-refractivity contribution is 6.31. The fourth-order valence-corrected chi connectivity index (χ4v) is 2.69. The standard InChI is InChI=1S/C18H13ClN6O2/c1-11-22-18(27-24-11)13-4-2-12(3-5-13)17(26)23-15-8-14(19)6-7-16(15)25-10-20-9-21-25/h2-10H,1H3,(H,23,26). The van der Waals surface area contributed by atoms with Crippen LogP contribution in [-0.2, 0) is 0 Å². The van der Waals surface area contributed by atoms with Crippen molar-refractivity contribution < 1.29 is 9.32 Å². The zero-order valence-corrected chi connectivity index (χ0v) is 14.9. The Morgan fingerprint density at radius 2 is 2.00 bits per heavy atom. The molecule has 1 amide bonds. The van der Waals surface area contributed by atoms with E-state index in [2.05, 4.69) is 25.5 Å². The van der Waals surface area contributed by atoms with Crippen LogP contribution in [-0.4, -0.2) is 30.8 Å². The molecule has 2 aromatic heterocycles. The number of hydrogen-bond acceptors (Lipinski definition) is 6. The number of aromatic nitrogens is 5. The van der Waals surface area contributed by atoms with Crippen molar-refractivity contribution in [2.24, 2.45) is 0 Å². The number of carbonyl (C=O) groups excluding carboxylic acids is 1. The molecular formula is C18H13ClN6O2. The Labute approximate surface area is 158 Å². The van der Waals surface area contributed by atoms with E-state index in [1.807, 2.05) is 0 Å². The summed E-state index contributed by atoms with van der Waals surface area (Å²) < 4.78 is 6.67. The van der Waals surface area contributed by atoms with Gasteiger partial charge in [0.2, 0.25) is 0 Å². The minimum absolute atomic E-state index is 0.285. The van der Waals surface area contributed by atoms with Crippen molar-refractivity contribution >= 4 is 23.2 Å². The van der Waals surface area contributed by atoms with E-state index < -0.39 is 0 Å². The topological polar surface area (TPSA) is 98.7 Å². The lowest BCUT2D eigenvalue weighted by Crippen LogP contribution is -2.14. The lowest BCUT2D eigenvalue weighted by atomic mass is 10.1. The van der Waals surface area contributed by atoms with Gasteiger partial charge in [0, 0.05) is 16.1 Å². The van der Waals surface area contributed by atoms with E-state index in [4.69, 9.17) is 16.1 Å². The van der Waals surface area contributed by atoms with Gasteiger partial charge >= 0.3 is 0 Å². The first-order valence-corrected chi connectivity index (χ1v) is 8.34. The zero-order valence-electron chi connectivity index (χ0n) is 14.1. The number of nitrogens with zero attached hydrogens (tertiary/aromatic N) is 5. The molecule has 0 aliphatic heterocycles. The lowest BCUT2D eigenvalue weighted by Gasteiger charge is -2.11. The van der Waals surface area contributed by atoms with Gasteiger partial charge < -0.3 is 9.84 Å². The Balaban J connectivity index is 1.58. The highest BCUT2D eigenvalue weighted by atomic mass is 35.5. The first kappa shape index (κ1) is 16.9. The summed E-state index contributed by atoms with van der Waals surface area (Å²) in [4.78, 5) is 20.7. The fourth-order valence-electron chi connectivity index (χ4n) is 2.51. The van der Waals surface area contributed by atoms with Gasteiger partial charge in [-0.05, 0) is 49.4 Å².